The van der Waals surface area contributed by atoms with Gasteiger partial charge in [-0.05, 0) is 12.5 Å². The lowest BCUT2D eigenvalue weighted by Crippen LogP contribution is -2.25. The zero-order valence-electron chi connectivity index (χ0n) is 12.7. The molecule has 4 N–H and O–H groups in total. The van der Waals surface area contributed by atoms with Crippen molar-refractivity contribution >= 4 is 23.0 Å². The molecule has 0 bridgehead atoms. The molecular weight excluding hydrogens is 266 g/mol. The van der Waals surface area contributed by atoms with Crippen molar-refractivity contribution in [1.29, 1.82) is 0 Å². The lowest BCUT2D eigenvalue weighted by atomic mass is 10.1. The molecular formula is C16H25N3O2. The van der Waals surface area contributed by atoms with E-state index in [9.17, 15) is 4.79 Å². The molecule has 0 spiro atoms. The summed E-state index contributed by atoms with van der Waals surface area (Å²) in [7, 11) is 0. The van der Waals surface area contributed by atoms with Gasteiger partial charge in [0.25, 0.3) is 5.91 Å². The number of fused-ring (bicyclic) bond motifs is 1. The van der Waals surface area contributed by atoms with Gasteiger partial charge in [0.15, 0.2) is 6.61 Å². The molecule has 0 radical (unpaired) electrons. The summed E-state index contributed by atoms with van der Waals surface area (Å²) < 4.78 is 5.33. The Morgan fingerprint density at radius 1 is 1.24 bits per heavy atom. The van der Waals surface area contributed by atoms with Gasteiger partial charge in [-0.1, -0.05) is 39.0 Å². The standard InChI is InChI=1S/C16H25N3O2/c1-2-3-4-5-6-7-8-18-13-10-14-15(9-12(13)17)21-11-16(20)19-14/h9-10,18H,2-8,11,17H2,1H3,(H,19,20). The first-order chi connectivity index (χ1) is 10.2. The number of rotatable bonds is 8. The molecule has 1 amide bonds. The Balaban J connectivity index is 1.80. The van der Waals surface area contributed by atoms with Crippen molar-refractivity contribution in [2.75, 3.05) is 29.5 Å². The lowest BCUT2D eigenvalue weighted by Gasteiger charge is -2.20. The first kappa shape index (κ1) is 15.5. The third-order valence-corrected chi connectivity index (χ3v) is 3.63. The van der Waals surface area contributed by atoms with E-state index in [0.29, 0.717) is 17.1 Å². The number of nitrogens with two attached hydrogens (primary N) is 1. The summed E-state index contributed by atoms with van der Waals surface area (Å²) in [6, 6.07) is 3.61. The van der Waals surface area contributed by atoms with E-state index in [-0.39, 0.29) is 12.5 Å². The minimum Gasteiger partial charge on any atom is -0.482 e. The second kappa shape index (κ2) is 7.76. The summed E-state index contributed by atoms with van der Waals surface area (Å²) in [5, 5.41) is 6.13. The highest BCUT2D eigenvalue weighted by Crippen LogP contribution is 2.35. The predicted molar refractivity (Wildman–Crippen MR) is 86.8 cm³/mol. The number of anilines is 3. The van der Waals surface area contributed by atoms with Gasteiger partial charge in [-0.25, -0.2) is 0 Å². The monoisotopic (exact) mass is 291 g/mol. The number of carbonyl (C=O) groups excluding carboxylic acids is 1. The van der Waals surface area contributed by atoms with Crippen LogP contribution in [0.3, 0.4) is 0 Å². The molecule has 0 aromatic heterocycles. The quantitative estimate of drug-likeness (QED) is 0.507. The van der Waals surface area contributed by atoms with E-state index < -0.39 is 0 Å². The molecule has 116 valence electrons. The second-order valence-electron chi connectivity index (χ2n) is 5.47. The zero-order valence-corrected chi connectivity index (χ0v) is 12.7. The van der Waals surface area contributed by atoms with Crippen molar-refractivity contribution in [3.05, 3.63) is 12.1 Å². The van der Waals surface area contributed by atoms with Crippen LogP contribution in [0.15, 0.2) is 12.1 Å². The van der Waals surface area contributed by atoms with E-state index in [2.05, 4.69) is 17.6 Å². The number of amides is 1. The highest BCUT2D eigenvalue weighted by Gasteiger charge is 2.17. The first-order valence-corrected chi connectivity index (χ1v) is 7.80. The molecule has 1 aliphatic rings. The third-order valence-electron chi connectivity index (χ3n) is 3.63. The second-order valence-corrected chi connectivity index (χ2v) is 5.47. The van der Waals surface area contributed by atoms with Crippen LogP contribution in [0, 0.1) is 0 Å². The summed E-state index contributed by atoms with van der Waals surface area (Å²) in [6.45, 7) is 3.17. The number of unbranched alkanes of at least 4 members (excludes halogenated alkanes) is 5. The number of nitrogen functional groups attached to an aromatic ring is 1. The van der Waals surface area contributed by atoms with E-state index in [0.717, 1.165) is 18.7 Å². The molecule has 1 aromatic rings. The van der Waals surface area contributed by atoms with Crippen LogP contribution in [0.5, 0.6) is 5.75 Å². The molecule has 1 aromatic carbocycles. The Morgan fingerprint density at radius 2 is 2.00 bits per heavy atom. The molecule has 5 heteroatoms. The smallest absolute Gasteiger partial charge is 0.262 e. The largest absolute Gasteiger partial charge is 0.482 e. The molecule has 0 saturated carbocycles. The van der Waals surface area contributed by atoms with E-state index in [4.69, 9.17) is 10.5 Å². The summed E-state index contributed by atoms with van der Waals surface area (Å²) in [5.41, 5.74) is 8.19. The summed E-state index contributed by atoms with van der Waals surface area (Å²) >= 11 is 0. The highest BCUT2D eigenvalue weighted by atomic mass is 16.5. The predicted octanol–water partition coefficient (Wildman–Crippen LogP) is 3.37. The number of ether oxygens (including phenoxy) is 1. The SMILES string of the molecule is CCCCCCCCNc1cc2c(cc1N)OCC(=O)N2. The van der Waals surface area contributed by atoms with E-state index in [1.807, 2.05) is 6.07 Å². The fraction of sp³-hybridized carbons (Fsp3) is 0.562. The molecule has 0 atom stereocenters. The molecule has 1 heterocycles. The van der Waals surface area contributed by atoms with Crippen molar-refractivity contribution in [2.45, 2.75) is 45.4 Å². The van der Waals surface area contributed by atoms with E-state index >= 15 is 0 Å². The Kier molecular flexibility index (Phi) is 5.72. The maximum Gasteiger partial charge on any atom is 0.262 e. The van der Waals surface area contributed by atoms with Gasteiger partial charge >= 0.3 is 0 Å². The number of hydrogen-bond donors (Lipinski definition) is 3. The van der Waals surface area contributed by atoms with Crippen molar-refractivity contribution < 1.29 is 9.53 Å². The van der Waals surface area contributed by atoms with Gasteiger partial charge in [0, 0.05) is 12.6 Å². The normalized spacial score (nSPS) is 13.3. The van der Waals surface area contributed by atoms with Crippen molar-refractivity contribution in [3.63, 3.8) is 0 Å². The van der Waals surface area contributed by atoms with Gasteiger partial charge in [0.05, 0.1) is 17.1 Å². The molecule has 0 unspecified atom stereocenters. The van der Waals surface area contributed by atoms with Crippen LogP contribution < -0.4 is 21.1 Å². The number of carbonyl (C=O) groups is 1. The molecule has 5 nitrogen and oxygen atoms in total. The highest BCUT2D eigenvalue weighted by molar-refractivity contribution is 5.97. The fourth-order valence-corrected chi connectivity index (χ4v) is 2.42. The van der Waals surface area contributed by atoms with E-state index in [1.54, 1.807) is 6.07 Å². The van der Waals surface area contributed by atoms with Gasteiger partial charge < -0.3 is 21.1 Å². The Bertz CT molecular complexity index is 489. The van der Waals surface area contributed by atoms with Crippen LogP contribution in [0.2, 0.25) is 0 Å². The lowest BCUT2D eigenvalue weighted by molar-refractivity contribution is -0.118. The first-order valence-electron chi connectivity index (χ1n) is 7.80. The molecule has 0 fully saturated rings. The third kappa shape index (κ3) is 4.55. The van der Waals surface area contributed by atoms with Crippen LogP contribution in [0.4, 0.5) is 17.1 Å². The van der Waals surface area contributed by atoms with Crippen molar-refractivity contribution in [3.8, 4) is 5.75 Å². The molecule has 1 aliphatic heterocycles. The van der Waals surface area contributed by atoms with Gasteiger partial charge in [-0.2, -0.15) is 0 Å². The minimum absolute atomic E-state index is 0.0526. The van der Waals surface area contributed by atoms with Crippen LogP contribution in [-0.2, 0) is 4.79 Å². The maximum absolute atomic E-state index is 11.3. The van der Waals surface area contributed by atoms with Crippen molar-refractivity contribution in [1.82, 2.24) is 0 Å². The fourth-order valence-electron chi connectivity index (χ4n) is 2.42. The summed E-state index contributed by atoms with van der Waals surface area (Å²) in [4.78, 5) is 11.3. The average molecular weight is 291 g/mol. The van der Waals surface area contributed by atoms with Crippen LogP contribution in [0.25, 0.3) is 0 Å². The molecule has 21 heavy (non-hydrogen) atoms. The minimum atomic E-state index is -0.130. The van der Waals surface area contributed by atoms with Crippen LogP contribution >= 0.6 is 0 Å². The average Bonchev–Trinajstić information content (AvgIpc) is 2.47. The number of hydrogen-bond acceptors (Lipinski definition) is 4. The number of benzene rings is 1. The topological polar surface area (TPSA) is 76.4 Å². The van der Waals surface area contributed by atoms with Gasteiger partial charge in [-0.15, -0.1) is 0 Å². The van der Waals surface area contributed by atoms with Crippen molar-refractivity contribution in [2.24, 2.45) is 0 Å². The van der Waals surface area contributed by atoms with Crippen LogP contribution in [0.1, 0.15) is 45.4 Å². The Morgan fingerprint density at radius 3 is 2.81 bits per heavy atom. The van der Waals surface area contributed by atoms with E-state index in [1.165, 1.54) is 32.1 Å². The van der Waals surface area contributed by atoms with Crippen LogP contribution in [-0.4, -0.2) is 19.1 Å². The maximum atomic E-state index is 11.3. The zero-order chi connectivity index (χ0) is 15.1. The molecule has 0 saturated heterocycles. The number of nitrogens with one attached hydrogen (secondary N) is 2. The molecule has 2 rings (SSSR count). The summed E-state index contributed by atoms with van der Waals surface area (Å²) in [6.07, 6.45) is 7.57. The van der Waals surface area contributed by atoms with Gasteiger partial charge in [0.2, 0.25) is 0 Å². The Labute approximate surface area is 126 Å². The summed E-state index contributed by atoms with van der Waals surface area (Å²) in [5.74, 6) is 0.506. The molecule has 0 aliphatic carbocycles. The van der Waals surface area contributed by atoms with Gasteiger partial charge in [0.1, 0.15) is 5.75 Å². The Hall–Kier alpha value is -1.91. The van der Waals surface area contributed by atoms with Gasteiger partial charge in [-0.3, -0.25) is 4.79 Å².